The Labute approximate surface area is 110 Å². The standard InChI is InChI=1S/C13H23BN2O2/c1-12(2)13(3,4)18-14(17-12)10(9-15)11-7-5-6-8-16-11/h9,15-16H,5-8H2,1-4H3/b11-10+,15-9?. The highest BCUT2D eigenvalue weighted by molar-refractivity contribution is 6.60. The molecule has 0 aliphatic carbocycles. The molecule has 0 saturated carbocycles. The van der Waals surface area contributed by atoms with Gasteiger partial charge in [0.1, 0.15) is 0 Å². The number of hydrogen-bond donors (Lipinski definition) is 2. The summed E-state index contributed by atoms with van der Waals surface area (Å²) in [6, 6.07) is 0. The molecule has 4 nitrogen and oxygen atoms in total. The lowest BCUT2D eigenvalue weighted by molar-refractivity contribution is 0.00578. The van der Waals surface area contributed by atoms with Gasteiger partial charge in [-0.2, -0.15) is 0 Å². The SMILES string of the molecule is CC1(C)OB(/C(C=N)=C2\CCCCN2)OC1(C)C. The predicted molar refractivity (Wildman–Crippen MR) is 73.7 cm³/mol. The van der Waals surface area contributed by atoms with Gasteiger partial charge in [0.05, 0.1) is 11.2 Å². The largest absolute Gasteiger partial charge is 0.498 e. The van der Waals surface area contributed by atoms with E-state index in [1.54, 1.807) is 0 Å². The van der Waals surface area contributed by atoms with Crippen LogP contribution in [0.15, 0.2) is 11.2 Å². The Balaban J connectivity index is 2.23. The van der Waals surface area contributed by atoms with E-state index in [2.05, 4.69) is 5.32 Å². The fraction of sp³-hybridized carbons (Fsp3) is 0.769. The van der Waals surface area contributed by atoms with Gasteiger partial charge in [0.15, 0.2) is 0 Å². The maximum Gasteiger partial charge on any atom is 0.498 e. The average Bonchev–Trinajstić information content (AvgIpc) is 2.50. The summed E-state index contributed by atoms with van der Waals surface area (Å²) in [5.74, 6) is 0. The Morgan fingerprint density at radius 2 is 1.83 bits per heavy atom. The Kier molecular flexibility index (Phi) is 3.56. The molecule has 100 valence electrons. The third-order valence-electron chi connectivity index (χ3n) is 4.20. The molecule has 2 fully saturated rings. The molecule has 2 rings (SSSR count). The zero-order valence-electron chi connectivity index (χ0n) is 11.8. The molecule has 0 aromatic carbocycles. The minimum atomic E-state index is -0.423. The fourth-order valence-corrected chi connectivity index (χ4v) is 2.27. The Hall–Kier alpha value is -0.805. The molecule has 2 heterocycles. The van der Waals surface area contributed by atoms with Crippen molar-refractivity contribution >= 4 is 13.3 Å². The first kappa shape index (κ1) is 13.6. The maximum absolute atomic E-state index is 7.64. The van der Waals surface area contributed by atoms with Crippen molar-refractivity contribution in [2.75, 3.05) is 6.54 Å². The molecule has 2 aliphatic heterocycles. The highest BCUT2D eigenvalue weighted by Gasteiger charge is 2.52. The van der Waals surface area contributed by atoms with Crippen molar-refractivity contribution in [2.24, 2.45) is 0 Å². The molecule has 0 radical (unpaired) electrons. The molecule has 5 heteroatoms. The molecule has 0 atom stereocenters. The minimum absolute atomic E-state index is 0.346. The second-order valence-corrected chi connectivity index (χ2v) is 6.05. The van der Waals surface area contributed by atoms with Crippen LogP contribution in [0.25, 0.3) is 0 Å². The van der Waals surface area contributed by atoms with E-state index in [1.165, 1.54) is 19.1 Å². The van der Waals surface area contributed by atoms with Crippen molar-refractivity contribution in [3.8, 4) is 0 Å². The first-order valence-corrected chi connectivity index (χ1v) is 6.70. The molecule has 0 aromatic rings. The van der Waals surface area contributed by atoms with Crippen LogP contribution >= 0.6 is 0 Å². The summed E-state index contributed by atoms with van der Waals surface area (Å²) in [5.41, 5.74) is 1.26. The second-order valence-electron chi connectivity index (χ2n) is 6.05. The number of hydrogen-bond acceptors (Lipinski definition) is 4. The third-order valence-corrected chi connectivity index (χ3v) is 4.20. The molecule has 0 aromatic heterocycles. The number of nitrogens with one attached hydrogen (secondary N) is 2. The lowest BCUT2D eigenvalue weighted by Gasteiger charge is -2.32. The average molecular weight is 250 g/mol. The van der Waals surface area contributed by atoms with Crippen molar-refractivity contribution in [3.05, 3.63) is 11.2 Å². The quantitative estimate of drug-likeness (QED) is 0.584. The predicted octanol–water partition coefficient (Wildman–Crippen LogP) is 2.29. The van der Waals surface area contributed by atoms with Gasteiger partial charge in [-0.1, -0.05) is 0 Å². The van der Waals surface area contributed by atoms with Crippen LogP contribution in [0, 0.1) is 5.41 Å². The Bertz CT molecular complexity index is 353. The summed E-state index contributed by atoms with van der Waals surface area (Å²) in [4.78, 5) is 0. The van der Waals surface area contributed by atoms with Crippen LogP contribution in [0.2, 0.25) is 0 Å². The van der Waals surface area contributed by atoms with Gasteiger partial charge < -0.3 is 20.0 Å². The molecule has 0 amide bonds. The van der Waals surface area contributed by atoms with Gasteiger partial charge in [-0.05, 0) is 47.0 Å². The van der Waals surface area contributed by atoms with Gasteiger partial charge in [-0.25, -0.2) is 0 Å². The van der Waals surface area contributed by atoms with E-state index in [0.29, 0.717) is 0 Å². The van der Waals surface area contributed by atoms with E-state index in [-0.39, 0.29) is 11.2 Å². The topological polar surface area (TPSA) is 54.3 Å². The van der Waals surface area contributed by atoms with Crippen molar-refractivity contribution < 1.29 is 9.31 Å². The van der Waals surface area contributed by atoms with Crippen molar-refractivity contribution in [2.45, 2.75) is 58.2 Å². The molecular weight excluding hydrogens is 227 g/mol. The molecular formula is C13H23BN2O2. The molecule has 18 heavy (non-hydrogen) atoms. The lowest BCUT2D eigenvalue weighted by Crippen LogP contribution is -2.41. The Morgan fingerprint density at radius 3 is 2.28 bits per heavy atom. The molecule has 2 N–H and O–H groups in total. The molecule has 2 aliphatic rings. The van der Waals surface area contributed by atoms with Crippen LogP contribution in [0.4, 0.5) is 0 Å². The second kappa shape index (κ2) is 4.70. The van der Waals surface area contributed by atoms with Gasteiger partial charge >= 0.3 is 7.12 Å². The third kappa shape index (κ3) is 2.34. The van der Waals surface area contributed by atoms with E-state index >= 15 is 0 Å². The lowest BCUT2D eigenvalue weighted by atomic mass is 9.76. The molecule has 0 bridgehead atoms. The summed E-state index contributed by atoms with van der Waals surface area (Å²) in [6.07, 6.45) is 4.71. The Morgan fingerprint density at radius 1 is 1.22 bits per heavy atom. The van der Waals surface area contributed by atoms with Crippen LogP contribution in [0.3, 0.4) is 0 Å². The highest BCUT2D eigenvalue weighted by atomic mass is 16.7. The van der Waals surface area contributed by atoms with Gasteiger partial charge in [0.2, 0.25) is 0 Å². The van der Waals surface area contributed by atoms with Gasteiger partial charge in [0.25, 0.3) is 0 Å². The summed E-state index contributed by atoms with van der Waals surface area (Å²) < 4.78 is 12.0. The monoisotopic (exact) mass is 250 g/mol. The first-order chi connectivity index (χ1) is 8.37. The summed E-state index contributed by atoms with van der Waals surface area (Å²) >= 11 is 0. The van der Waals surface area contributed by atoms with Crippen LogP contribution in [0.1, 0.15) is 47.0 Å². The van der Waals surface area contributed by atoms with Crippen LogP contribution in [0.5, 0.6) is 0 Å². The van der Waals surface area contributed by atoms with Gasteiger partial charge in [-0.3, -0.25) is 0 Å². The number of allylic oxidation sites excluding steroid dienone is 2. The summed E-state index contributed by atoms with van der Waals surface area (Å²) in [6.45, 7) is 9.12. The van der Waals surface area contributed by atoms with Crippen molar-refractivity contribution in [1.29, 1.82) is 5.41 Å². The van der Waals surface area contributed by atoms with Gasteiger partial charge in [0, 0.05) is 23.9 Å². The molecule has 2 saturated heterocycles. The normalized spacial score (nSPS) is 28.8. The maximum atomic E-state index is 7.64. The van der Waals surface area contributed by atoms with Crippen molar-refractivity contribution in [1.82, 2.24) is 5.32 Å². The molecule has 0 unspecified atom stereocenters. The van der Waals surface area contributed by atoms with Crippen LogP contribution in [-0.4, -0.2) is 31.1 Å². The van der Waals surface area contributed by atoms with Crippen molar-refractivity contribution in [3.63, 3.8) is 0 Å². The van der Waals surface area contributed by atoms with E-state index < -0.39 is 7.12 Å². The van der Waals surface area contributed by atoms with E-state index in [1.807, 2.05) is 27.7 Å². The number of rotatable bonds is 2. The zero-order valence-corrected chi connectivity index (χ0v) is 11.8. The summed E-state index contributed by atoms with van der Waals surface area (Å²) in [5, 5.41) is 11.0. The first-order valence-electron chi connectivity index (χ1n) is 6.70. The van der Waals surface area contributed by atoms with Crippen LogP contribution < -0.4 is 5.32 Å². The fourth-order valence-electron chi connectivity index (χ4n) is 2.27. The minimum Gasteiger partial charge on any atom is -0.399 e. The van der Waals surface area contributed by atoms with E-state index in [0.717, 1.165) is 24.1 Å². The zero-order chi connectivity index (χ0) is 13.4. The summed E-state index contributed by atoms with van der Waals surface area (Å²) in [7, 11) is -0.423. The van der Waals surface area contributed by atoms with E-state index in [4.69, 9.17) is 14.7 Å². The smallest absolute Gasteiger partial charge is 0.399 e. The van der Waals surface area contributed by atoms with Crippen LogP contribution in [-0.2, 0) is 9.31 Å². The number of piperidine rings is 1. The molecule has 0 spiro atoms. The van der Waals surface area contributed by atoms with E-state index in [9.17, 15) is 0 Å². The highest BCUT2D eigenvalue weighted by Crippen LogP contribution is 2.38. The van der Waals surface area contributed by atoms with Gasteiger partial charge in [-0.15, -0.1) is 0 Å².